The third-order valence-corrected chi connectivity index (χ3v) is 3.39. The Morgan fingerprint density at radius 3 is 2.54 bits per heavy atom. The van der Waals surface area contributed by atoms with Crippen LogP contribution in [-0.2, 0) is 0 Å². The van der Waals surface area contributed by atoms with E-state index >= 15 is 0 Å². The molecule has 1 aliphatic carbocycles. The molecule has 2 nitrogen and oxygen atoms in total. The molecule has 0 bridgehead atoms. The molecule has 1 saturated carbocycles. The van der Waals surface area contributed by atoms with Gasteiger partial charge in [0.1, 0.15) is 0 Å². The summed E-state index contributed by atoms with van der Waals surface area (Å²) in [6.45, 7) is 3.79. The number of hydrogen-bond donors (Lipinski definition) is 1. The number of hydrogen-bond acceptors (Lipinski definition) is 2. The predicted molar refractivity (Wildman–Crippen MR) is 55.8 cm³/mol. The van der Waals surface area contributed by atoms with E-state index in [9.17, 15) is 0 Å². The molecule has 0 spiro atoms. The highest BCUT2D eigenvalue weighted by atomic mass is 16.2. The van der Waals surface area contributed by atoms with Crippen LogP contribution in [0.25, 0.3) is 0 Å². The van der Waals surface area contributed by atoms with Crippen LogP contribution in [0.2, 0.25) is 0 Å². The molecular weight excluding hydrogens is 162 g/mol. The third kappa shape index (κ3) is 2.96. The van der Waals surface area contributed by atoms with Crippen LogP contribution in [-0.4, -0.2) is 36.2 Å². The van der Waals surface area contributed by atoms with Gasteiger partial charge in [-0.3, -0.25) is 0 Å². The topological polar surface area (TPSA) is 23.5 Å². The smallest absolute Gasteiger partial charge is 0.0431 e. The van der Waals surface area contributed by atoms with Crippen LogP contribution in [0.3, 0.4) is 0 Å². The van der Waals surface area contributed by atoms with Crippen molar-refractivity contribution in [2.75, 3.05) is 20.2 Å². The molecule has 1 rings (SSSR count). The standard InChI is InChI=1S/C11H23NO/c1-3-10-6-7-11(10)12(2)8-4-5-9-13/h10-11,13H,3-9H2,1-2H3. The minimum absolute atomic E-state index is 0.343. The molecule has 2 heteroatoms. The first-order valence-electron chi connectivity index (χ1n) is 5.60. The van der Waals surface area contributed by atoms with E-state index in [0.717, 1.165) is 31.3 Å². The van der Waals surface area contributed by atoms with Crippen molar-refractivity contribution >= 4 is 0 Å². The Morgan fingerprint density at radius 1 is 1.31 bits per heavy atom. The van der Waals surface area contributed by atoms with Crippen molar-refractivity contribution < 1.29 is 5.11 Å². The number of rotatable bonds is 6. The summed E-state index contributed by atoms with van der Waals surface area (Å²) in [4.78, 5) is 2.48. The summed E-state index contributed by atoms with van der Waals surface area (Å²) in [6.07, 6.45) is 6.22. The molecule has 0 aromatic carbocycles. The van der Waals surface area contributed by atoms with Gasteiger partial charge in [-0.2, -0.15) is 0 Å². The SMILES string of the molecule is CCC1CCC1N(C)CCCCO. The van der Waals surface area contributed by atoms with Crippen molar-refractivity contribution in [3.05, 3.63) is 0 Å². The second kappa shape index (κ2) is 5.61. The summed E-state index contributed by atoms with van der Waals surface area (Å²) in [7, 11) is 2.23. The maximum absolute atomic E-state index is 8.67. The second-order valence-corrected chi connectivity index (χ2v) is 4.22. The zero-order chi connectivity index (χ0) is 9.68. The quantitative estimate of drug-likeness (QED) is 0.639. The number of unbranched alkanes of at least 4 members (excludes halogenated alkanes) is 1. The summed E-state index contributed by atoms with van der Waals surface area (Å²) in [5, 5.41) is 8.67. The van der Waals surface area contributed by atoms with Gasteiger partial charge >= 0.3 is 0 Å². The normalized spacial score (nSPS) is 27.7. The van der Waals surface area contributed by atoms with E-state index in [-0.39, 0.29) is 0 Å². The van der Waals surface area contributed by atoms with Crippen LogP contribution in [0.15, 0.2) is 0 Å². The van der Waals surface area contributed by atoms with Gasteiger partial charge in [-0.05, 0) is 45.2 Å². The zero-order valence-corrected chi connectivity index (χ0v) is 9.00. The Kier molecular flexibility index (Phi) is 4.74. The molecule has 1 aliphatic rings. The van der Waals surface area contributed by atoms with Gasteiger partial charge in [0, 0.05) is 12.6 Å². The summed E-state index contributed by atoms with van der Waals surface area (Å²) >= 11 is 0. The number of nitrogens with zero attached hydrogens (tertiary/aromatic N) is 1. The van der Waals surface area contributed by atoms with Crippen molar-refractivity contribution in [1.29, 1.82) is 0 Å². The molecule has 0 aromatic heterocycles. The molecule has 0 amide bonds. The summed E-state index contributed by atoms with van der Waals surface area (Å²) in [5.41, 5.74) is 0. The molecule has 0 radical (unpaired) electrons. The summed E-state index contributed by atoms with van der Waals surface area (Å²) in [6, 6.07) is 0.837. The molecule has 0 aliphatic heterocycles. The van der Waals surface area contributed by atoms with Crippen LogP contribution in [0.1, 0.15) is 39.0 Å². The third-order valence-electron chi connectivity index (χ3n) is 3.39. The lowest BCUT2D eigenvalue weighted by Crippen LogP contribution is -2.45. The lowest BCUT2D eigenvalue weighted by Gasteiger charge is -2.42. The molecule has 0 heterocycles. The first kappa shape index (κ1) is 11.0. The Balaban J connectivity index is 2.12. The van der Waals surface area contributed by atoms with E-state index in [0.29, 0.717) is 6.61 Å². The summed E-state index contributed by atoms with van der Waals surface area (Å²) < 4.78 is 0. The molecule has 0 saturated heterocycles. The molecular formula is C11H23NO. The van der Waals surface area contributed by atoms with Gasteiger partial charge in [-0.1, -0.05) is 13.3 Å². The zero-order valence-electron chi connectivity index (χ0n) is 9.00. The minimum atomic E-state index is 0.343. The maximum Gasteiger partial charge on any atom is 0.0431 e. The van der Waals surface area contributed by atoms with Gasteiger partial charge in [0.25, 0.3) is 0 Å². The van der Waals surface area contributed by atoms with Crippen molar-refractivity contribution in [3.63, 3.8) is 0 Å². The lowest BCUT2D eigenvalue weighted by atomic mass is 9.77. The Hall–Kier alpha value is -0.0800. The van der Waals surface area contributed by atoms with E-state index in [2.05, 4.69) is 18.9 Å². The predicted octanol–water partition coefficient (Wildman–Crippen LogP) is 1.88. The van der Waals surface area contributed by atoms with Gasteiger partial charge in [0.2, 0.25) is 0 Å². The first-order valence-corrected chi connectivity index (χ1v) is 5.60. The highest BCUT2D eigenvalue weighted by Crippen LogP contribution is 2.33. The highest BCUT2D eigenvalue weighted by Gasteiger charge is 2.31. The molecule has 2 unspecified atom stereocenters. The van der Waals surface area contributed by atoms with E-state index in [4.69, 9.17) is 5.11 Å². The van der Waals surface area contributed by atoms with Crippen molar-refractivity contribution in [1.82, 2.24) is 4.90 Å². The van der Waals surface area contributed by atoms with Crippen LogP contribution in [0.5, 0.6) is 0 Å². The molecule has 13 heavy (non-hydrogen) atoms. The van der Waals surface area contributed by atoms with Gasteiger partial charge in [0.15, 0.2) is 0 Å². The Morgan fingerprint density at radius 2 is 2.08 bits per heavy atom. The van der Waals surface area contributed by atoms with Gasteiger partial charge in [-0.25, -0.2) is 0 Å². The van der Waals surface area contributed by atoms with Gasteiger partial charge in [0.05, 0.1) is 0 Å². The van der Waals surface area contributed by atoms with Crippen LogP contribution in [0.4, 0.5) is 0 Å². The van der Waals surface area contributed by atoms with E-state index in [1.165, 1.54) is 19.3 Å². The van der Waals surface area contributed by atoms with Crippen molar-refractivity contribution in [2.24, 2.45) is 5.92 Å². The van der Waals surface area contributed by atoms with E-state index in [1.807, 2.05) is 0 Å². The van der Waals surface area contributed by atoms with Crippen molar-refractivity contribution in [2.45, 2.75) is 45.1 Å². The first-order chi connectivity index (χ1) is 6.29. The fourth-order valence-corrected chi connectivity index (χ4v) is 2.25. The van der Waals surface area contributed by atoms with Crippen LogP contribution >= 0.6 is 0 Å². The average Bonchev–Trinajstić information content (AvgIpc) is 2.03. The van der Waals surface area contributed by atoms with E-state index < -0.39 is 0 Å². The van der Waals surface area contributed by atoms with Crippen LogP contribution < -0.4 is 0 Å². The van der Waals surface area contributed by atoms with Crippen LogP contribution in [0, 0.1) is 5.92 Å². The molecule has 1 fully saturated rings. The maximum atomic E-state index is 8.67. The molecule has 2 atom stereocenters. The molecule has 78 valence electrons. The van der Waals surface area contributed by atoms with E-state index in [1.54, 1.807) is 0 Å². The van der Waals surface area contributed by atoms with Crippen molar-refractivity contribution in [3.8, 4) is 0 Å². The monoisotopic (exact) mass is 185 g/mol. The van der Waals surface area contributed by atoms with Gasteiger partial charge < -0.3 is 10.0 Å². The highest BCUT2D eigenvalue weighted by molar-refractivity contribution is 4.86. The number of aliphatic hydroxyl groups excluding tert-OH is 1. The van der Waals surface area contributed by atoms with Gasteiger partial charge in [-0.15, -0.1) is 0 Å². The second-order valence-electron chi connectivity index (χ2n) is 4.22. The Labute approximate surface area is 81.9 Å². The fourth-order valence-electron chi connectivity index (χ4n) is 2.25. The molecule has 0 aromatic rings. The fraction of sp³-hybridized carbons (Fsp3) is 1.00. The summed E-state index contributed by atoms with van der Waals surface area (Å²) in [5.74, 6) is 0.944. The minimum Gasteiger partial charge on any atom is -0.396 e. The largest absolute Gasteiger partial charge is 0.396 e. The lowest BCUT2D eigenvalue weighted by molar-refractivity contribution is 0.0792. The molecule has 1 N–H and O–H groups in total. The average molecular weight is 185 g/mol. The number of aliphatic hydroxyl groups is 1. The Bertz CT molecular complexity index is 136.